The number of piperidine rings is 1. The van der Waals surface area contributed by atoms with Crippen molar-refractivity contribution in [1.82, 2.24) is 25.2 Å². The van der Waals surface area contributed by atoms with Gasteiger partial charge in [-0.3, -0.25) is 24.8 Å². The molecule has 63 heavy (non-hydrogen) atoms. The van der Waals surface area contributed by atoms with E-state index in [1.165, 1.54) is 11.4 Å². The molecular formula is C47H57N11O5. The van der Waals surface area contributed by atoms with Crippen molar-refractivity contribution in [3.63, 3.8) is 0 Å². The number of imide groups is 1. The molecule has 10 rings (SSSR count). The zero-order valence-electron chi connectivity index (χ0n) is 36.9. The van der Waals surface area contributed by atoms with E-state index in [1.807, 2.05) is 53.1 Å². The minimum absolute atomic E-state index is 0.214. The molecule has 4 saturated heterocycles. The van der Waals surface area contributed by atoms with Crippen LogP contribution in [0.25, 0.3) is 0 Å². The van der Waals surface area contributed by atoms with Gasteiger partial charge in [0.1, 0.15) is 17.9 Å². The number of urea groups is 1. The summed E-state index contributed by atoms with van der Waals surface area (Å²) in [5, 5.41) is 5.86. The van der Waals surface area contributed by atoms with Gasteiger partial charge in [0.2, 0.25) is 17.7 Å². The number of anilines is 7. The Hall–Kier alpha value is -6.16. The minimum Gasteiger partial charge on any atom is -0.474 e. The van der Waals surface area contributed by atoms with Crippen molar-refractivity contribution in [2.24, 2.45) is 5.41 Å². The van der Waals surface area contributed by atoms with Crippen LogP contribution in [-0.4, -0.2) is 115 Å². The summed E-state index contributed by atoms with van der Waals surface area (Å²) in [5.74, 6) is 0.795. The molecule has 0 saturated carbocycles. The first kappa shape index (κ1) is 40.9. The van der Waals surface area contributed by atoms with Crippen molar-refractivity contribution < 1.29 is 23.9 Å². The Morgan fingerprint density at radius 2 is 1.62 bits per heavy atom. The average Bonchev–Trinajstić information content (AvgIpc) is 3.23. The Bertz CT molecular complexity index is 2430. The number of rotatable bonds is 7. The number of nitrogens with zero attached hydrogens (tertiary/aromatic N) is 9. The van der Waals surface area contributed by atoms with Crippen LogP contribution in [0.4, 0.5) is 49.7 Å². The smallest absolute Gasteiger partial charge is 0.415 e. The van der Waals surface area contributed by atoms with Crippen molar-refractivity contribution >= 4 is 58.1 Å². The molecule has 0 aliphatic carbocycles. The fourth-order valence-corrected chi connectivity index (χ4v) is 10.2. The van der Waals surface area contributed by atoms with Crippen molar-refractivity contribution in [1.29, 1.82) is 0 Å². The number of benzene rings is 2. The van der Waals surface area contributed by atoms with Gasteiger partial charge >= 0.3 is 12.1 Å². The number of likely N-dealkylation sites (tertiary alicyclic amines) is 1. The van der Waals surface area contributed by atoms with Crippen molar-refractivity contribution in [2.75, 3.05) is 95.3 Å². The molecule has 6 aliphatic rings. The van der Waals surface area contributed by atoms with Gasteiger partial charge in [-0.25, -0.2) is 24.5 Å². The number of aryl methyl sites for hydroxylation is 1. The first-order valence-electron chi connectivity index (χ1n) is 22.3. The molecule has 6 aliphatic heterocycles. The maximum atomic E-state index is 13.2. The SMILES string of the molecule is Cc1cc(N2CC3(C2)CN(C2CCN(c4ccc(Nc5ncc6c(n5)CN(c5cnc7c(c5C)N(C(=O)OC(C)(C)C)CCO7)CC6)cc4)CC2)C3)ccc1N1CCC(=O)NC1=O. The van der Waals surface area contributed by atoms with Crippen LogP contribution >= 0.6 is 0 Å². The molecule has 16 nitrogen and oxygen atoms in total. The molecular weight excluding hydrogens is 799 g/mol. The Kier molecular flexibility index (Phi) is 10.3. The predicted octanol–water partition coefficient (Wildman–Crippen LogP) is 6.17. The molecule has 16 heteroatoms. The van der Waals surface area contributed by atoms with Gasteiger partial charge in [0.25, 0.3) is 0 Å². The first-order chi connectivity index (χ1) is 30.3. The van der Waals surface area contributed by atoms with E-state index in [2.05, 4.69) is 76.6 Å². The van der Waals surface area contributed by atoms with Gasteiger partial charge < -0.3 is 29.5 Å². The summed E-state index contributed by atoms with van der Waals surface area (Å²) < 4.78 is 11.6. The molecule has 2 N–H and O–H groups in total. The molecule has 2 aromatic heterocycles. The number of fused-ring (bicyclic) bond motifs is 2. The highest BCUT2D eigenvalue weighted by Gasteiger charge is 2.53. The van der Waals surface area contributed by atoms with Gasteiger partial charge in [0.05, 0.1) is 30.7 Å². The Labute approximate surface area is 368 Å². The number of aromatic nitrogens is 3. The van der Waals surface area contributed by atoms with Crippen LogP contribution < -0.4 is 39.9 Å². The van der Waals surface area contributed by atoms with Crippen LogP contribution in [0.1, 0.15) is 62.4 Å². The number of nitrogens with one attached hydrogen (secondary N) is 2. The standard InChI is InChI=1S/C47H57N11O5/c1-30-22-36(10-11-38(30)57-19-15-40(59)52-44(57)60)56-28-47(29-56)26-55(27-47)35-13-17-53(18-14-35)34-8-6-33(7-9-34)50-43-49-23-32-12-16-54(25-37(32)51-43)39-24-48-42-41(31(39)2)58(20-21-62-42)45(61)63-46(3,4)5/h6-11,22-24,35H,12-21,25-29H2,1-5H3,(H,49,50,51)(H,52,59,60). The fraction of sp³-hybridized carbons (Fsp3) is 0.489. The van der Waals surface area contributed by atoms with Gasteiger partial charge in [-0.15, -0.1) is 0 Å². The third-order valence-corrected chi connectivity index (χ3v) is 13.5. The predicted molar refractivity (Wildman–Crippen MR) is 243 cm³/mol. The second kappa shape index (κ2) is 15.9. The van der Waals surface area contributed by atoms with Crippen LogP contribution in [0.3, 0.4) is 0 Å². The number of amides is 4. The van der Waals surface area contributed by atoms with Gasteiger partial charge in [-0.1, -0.05) is 0 Å². The summed E-state index contributed by atoms with van der Waals surface area (Å²) in [5.41, 5.74) is 9.66. The summed E-state index contributed by atoms with van der Waals surface area (Å²) in [6.07, 6.45) is 6.81. The average molecular weight is 856 g/mol. The lowest BCUT2D eigenvalue weighted by Gasteiger charge is -2.63. The third-order valence-electron chi connectivity index (χ3n) is 13.5. The molecule has 330 valence electrons. The zero-order valence-corrected chi connectivity index (χ0v) is 36.9. The molecule has 4 aromatic rings. The zero-order chi connectivity index (χ0) is 43.6. The van der Waals surface area contributed by atoms with E-state index in [9.17, 15) is 14.4 Å². The Morgan fingerprint density at radius 1 is 0.857 bits per heavy atom. The Morgan fingerprint density at radius 3 is 2.35 bits per heavy atom. The van der Waals surface area contributed by atoms with E-state index < -0.39 is 11.7 Å². The van der Waals surface area contributed by atoms with Gasteiger partial charge in [-0.05, 0) is 107 Å². The monoisotopic (exact) mass is 855 g/mol. The highest BCUT2D eigenvalue weighted by molar-refractivity contribution is 6.06. The van der Waals surface area contributed by atoms with E-state index in [-0.39, 0.29) is 11.9 Å². The van der Waals surface area contributed by atoms with Crippen LogP contribution in [0.15, 0.2) is 54.9 Å². The summed E-state index contributed by atoms with van der Waals surface area (Å²) in [6.45, 7) is 18.7. The molecule has 0 bridgehead atoms. The molecule has 2 aromatic carbocycles. The van der Waals surface area contributed by atoms with E-state index in [0.717, 1.165) is 105 Å². The van der Waals surface area contributed by atoms with Gasteiger partial charge in [0.15, 0.2) is 0 Å². The lowest BCUT2D eigenvalue weighted by Crippen LogP contribution is -2.74. The Balaban J connectivity index is 0.703. The van der Waals surface area contributed by atoms with E-state index in [4.69, 9.17) is 14.5 Å². The summed E-state index contributed by atoms with van der Waals surface area (Å²) in [7, 11) is 0. The number of pyridine rings is 1. The van der Waals surface area contributed by atoms with Crippen LogP contribution in [-0.2, 0) is 22.5 Å². The molecule has 0 atom stereocenters. The number of ether oxygens (including phenoxy) is 2. The molecule has 0 unspecified atom stereocenters. The lowest BCUT2D eigenvalue weighted by atomic mass is 9.71. The van der Waals surface area contributed by atoms with Crippen LogP contribution in [0, 0.1) is 19.3 Å². The summed E-state index contributed by atoms with van der Waals surface area (Å²) in [6, 6.07) is 15.2. The van der Waals surface area contributed by atoms with E-state index in [1.54, 1.807) is 9.80 Å². The van der Waals surface area contributed by atoms with Crippen molar-refractivity contribution in [3.05, 3.63) is 77.2 Å². The van der Waals surface area contributed by atoms with Crippen LogP contribution in [0.5, 0.6) is 5.88 Å². The normalized spacial score (nSPS) is 20.0. The maximum absolute atomic E-state index is 13.2. The molecule has 1 spiro atoms. The molecule has 4 amide bonds. The fourth-order valence-electron chi connectivity index (χ4n) is 10.2. The largest absolute Gasteiger partial charge is 0.474 e. The number of hydrogen-bond donors (Lipinski definition) is 2. The quantitative estimate of drug-likeness (QED) is 0.219. The summed E-state index contributed by atoms with van der Waals surface area (Å²) in [4.78, 5) is 64.7. The number of carbonyl (C=O) groups excluding carboxylic acids is 3. The summed E-state index contributed by atoms with van der Waals surface area (Å²) >= 11 is 0. The van der Waals surface area contributed by atoms with E-state index >= 15 is 0 Å². The van der Waals surface area contributed by atoms with Gasteiger partial charge in [0, 0.05) is 105 Å². The lowest BCUT2D eigenvalue weighted by molar-refractivity contribution is -0.120. The third kappa shape index (κ3) is 8.05. The van der Waals surface area contributed by atoms with Gasteiger partial charge in [-0.2, -0.15) is 0 Å². The molecule has 4 fully saturated rings. The minimum atomic E-state index is -0.614. The number of hydrogen-bond acceptors (Lipinski definition) is 13. The first-order valence-corrected chi connectivity index (χ1v) is 22.3. The highest BCUT2D eigenvalue weighted by Crippen LogP contribution is 2.45. The van der Waals surface area contributed by atoms with E-state index in [0.29, 0.717) is 61.6 Å². The second-order valence-corrected chi connectivity index (χ2v) is 19.1. The van der Waals surface area contributed by atoms with Crippen molar-refractivity contribution in [3.8, 4) is 5.88 Å². The second-order valence-electron chi connectivity index (χ2n) is 19.1. The number of carbonyl (C=O) groups is 3. The van der Waals surface area contributed by atoms with Crippen molar-refractivity contribution in [2.45, 2.75) is 78.5 Å². The highest BCUT2D eigenvalue weighted by atomic mass is 16.6. The molecule has 0 radical (unpaired) electrons. The maximum Gasteiger partial charge on any atom is 0.415 e. The topological polar surface area (TPSA) is 152 Å². The molecule has 8 heterocycles. The van der Waals surface area contributed by atoms with Crippen LogP contribution in [0.2, 0.25) is 0 Å².